The van der Waals surface area contributed by atoms with E-state index in [-0.39, 0.29) is 6.09 Å². The molecule has 1 amide bonds. The minimum atomic E-state index is -0.469. The van der Waals surface area contributed by atoms with Crippen LogP contribution in [0.4, 0.5) is 4.79 Å². The van der Waals surface area contributed by atoms with Crippen LogP contribution in [0.5, 0.6) is 0 Å². The summed E-state index contributed by atoms with van der Waals surface area (Å²) in [6.07, 6.45) is 1.44. The Morgan fingerprint density at radius 3 is 2.25 bits per heavy atom. The van der Waals surface area contributed by atoms with Crippen molar-refractivity contribution in [3.63, 3.8) is 0 Å². The molecule has 7 nitrogen and oxygen atoms in total. The fourth-order valence-electron chi connectivity index (χ4n) is 2.55. The first kappa shape index (κ1) is 23.8. The SMILES string of the molecule is CN=C(NCCCNC(=O)OC(C)(C)C)NCCCN(C)Cc1ccccc1. The molecule has 0 unspecified atom stereocenters. The van der Waals surface area contributed by atoms with Crippen LogP contribution in [0, 0.1) is 0 Å². The van der Waals surface area contributed by atoms with Gasteiger partial charge >= 0.3 is 6.09 Å². The maximum atomic E-state index is 11.6. The number of carbonyl (C=O) groups excluding carboxylic acids is 1. The Labute approximate surface area is 169 Å². The van der Waals surface area contributed by atoms with Gasteiger partial charge in [-0.2, -0.15) is 0 Å². The molecule has 1 rings (SSSR count). The number of carbonyl (C=O) groups is 1. The average Bonchev–Trinajstić information content (AvgIpc) is 2.62. The lowest BCUT2D eigenvalue weighted by Crippen LogP contribution is -2.40. The van der Waals surface area contributed by atoms with E-state index in [9.17, 15) is 4.79 Å². The summed E-state index contributed by atoms with van der Waals surface area (Å²) in [6, 6.07) is 10.5. The molecule has 158 valence electrons. The van der Waals surface area contributed by atoms with E-state index >= 15 is 0 Å². The molecule has 0 bridgehead atoms. The predicted octanol–water partition coefficient (Wildman–Crippen LogP) is 2.59. The quantitative estimate of drug-likeness (QED) is 0.325. The lowest BCUT2D eigenvalue weighted by Gasteiger charge is -2.19. The fourth-order valence-corrected chi connectivity index (χ4v) is 2.55. The zero-order chi connectivity index (χ0) is 20.8. The van der Waals surface area contributed by atoms with E-state index in [4.69, 9.17) is 4.74 Å². The maximum Gasteiger partial charge on any atom is 0.407 e. The van der Waals surface area contributed by atoms with E-state index in [0.29, 0.717) is 6.54 Å². The third kappa shape index (κ3) is 12.2. The van der Waals surface area contributed by atoms with Gasteiger partial charge in [0.05, 0.1) is 0 Å². The van der Waals surface area contributed by atoms with Gasteiger partial charge in [-0.15, -0.1) is 0 Å². The Bertz CT molecular complexity index is 584. The molecule has 0 atom stereocenters. The van der Waals surface area contributed by atoms with Crippen LogP contribution in [0.1, 0.15) is 39.2 Å². The Balaban J connectivity index is 2.08. The highest BCUT2D eigenvalue weighted by molar-refractivity contribution is 5.79. The number of nitrogens with zero attached hydrogens (tertiary/aromatic N) is 2. The van der Waals surface area contributed by atoms with Crippen molar-refractivity contribution in [1.82, 2.24) is 20.9 Å². The number of nitrogens with one attached hydrogen (secondary N) is 3. The molecule has 0 saturated heterocycles. The van der Waals surface area contributed by atoms with E-state index in [1.165, 1.54) is 5.56 Å². The summed E-state index contributed by atoms with van der Waals surface area (Å²) in [5.74, 6) is 0.781. The lowest BCUT2D eigenvalue weighted by molar-refractivity contribution is 0.0527. The van der Waals surface area contributed by atoms with Gasteiger partial charge < -0.3 is 25.6 Å². The van der Waals surface area contributed by atoms with Crippen molar-refractivity contribution in [2.45, 2.75) is 45.8 Å². The molecule has 1 aromatic carbocycles. The smallest absolute Gasteiger partial charge is 0.407 e. The average molecular weight is 392 g/mol. The molecule has 7 heteroatoms. The van der Waals surface area contributed by atoms with Crippen LogP contribution in [0.2, 0.25) is 0 Å². The van der Waals surface area contributed by atoms with E-state index in [2.05, 4.69) is 57.2 Å². The number of aliphatic imine (C=N–C) groups is 1. The van der Waals surface area contributed by atoms with Crippen molar-refractivity contribution in [2.75, 3.05) is 40.3 Å². The maximum absolute atomic E-state index is 11.6. The van der Waals surface area contributed by atoms with Crippen molar-refractivity contribution in [1.29, 1.82) is 0 Å². The number of alkyl carbamates (subject to hydrolysis) is 1. The van der Waals surface area contributed by atoms with Crippen LogP contribution in [-0.4, -0.2) is 62.8 Å². The van der Waals surface area contributed by atoms with E-state index in [0.717, 1.165) is 45.0 Å². The molecular weight excluding hydrogens is 354 g/mol. The van der Waals surface area contributed by atoms with Gasteiger partial charge in [-0.25, -0.2) is 4.79 Å². The van der Waals surface area contributed by atoms with Crippen LogP contribution in [0.15, 0.2) is 35.3 Å². The topological polar surface area (TPSA) is 78.0 Å². The van der Waals surface area contributed by atoms with Gasteiger partial charge in [-0.05, 0) is 52.8 Å². The molecule has 0 aromatic heterocycles. The van der Waals surface area contributed by atoms with Gasteiger partial charge in [-0.3, -0.25) is 4.99 Å². The summed E-state index contributed by atoms with van der Waals surface area (Å²) in [6.45, 7) is 9.66. The second-order valence-electron chi connectivity index (χ2n) is 7.78. The monoisotopic (exact) mass is 391 g/mol. The fraction of sp³-hybridized carbons (Fsp3) is 0.619. The number of hydrogen-bond acceptors (Lipinski definition) is 4. The van der Waals surface area contributed by atoms with Gasteiger partial charge in [0.25, 0.3) is 0 Å². The van der Waals surface area contributed by atoms with Crippen LogP contribution in [0.25, 0.3) is 0 Å². The number of guanidine groups is 1. The third-order valence-corrected chi connectivity index (χ3v) is 3.84. The highest BCUT2D eigenvalue weighted by atomic mass is 16.6. The Hall–Kier alpha value is -2.28. The summed E-state index contributed by atoms with van der Waals surface area (Å²) in [7, 11) is 3.90. The molecule has 0 heterocycles. The van der Waals surface area contributed by atoms with Gasteiger partial charge in [0.2, 0.25) is 0 Å². The normalized spacial score (nSPS) is 12.0. The summed E-state index contributed by atoms with van der Waals surface area (Å²) in [5, 5.41) is 9.32. The van der Waals surface area contributed by atoms with Crippen molar-refractivity contribution >= 4 is 12.1 Å². The van der Waals surface area contributed by atoms with Crippen LogP contribution >= 0.6 is 0 Å². The van der Waals surface area contributed by atoms with Crippen LogP contribution in [-0.2, 0) is 11.3 Å². The number of ether oxygens (including phenoxy) is 1. The van der Waals surface area contributed by atoms with Crippen molar-refractivity contribution in [3.05, 3.63) is 35.9 Å². The Morgan fingerprint density at radius 2 is 1.64 bits per heavy atom. The Kier molecular flexibility index (Phi) is 11.0. The minimum Gasteiger partial charge on any atom is -0.444 e. The van der Waals surface area contributed by atoms with E-state index in [1.54, 1.807) is 7.05 Å². The zero-order valence-corrected chi connectivity index (χ0v) is 18.0. The zero-order valence-electron chi connectivity index (χ0n) is 18.0. The first-order valence-corrected chi connectivity index (χ1v) is 9.94. The summed E-state index contributed by atoms with van der Waals surface area (Å²) in [4.78, 5) is 18.1. The summed E-state index contributed by atoms with van der Waals surface area (Å²) in [5.41, 5.74) is 0.860. The largest absolute Gasteiger partial charge is 0.444 e. The first-order chi connectivity index (χ1) is 13.3. The summed E-state index contributed by atoms with van der Waals surface area (Å²) >= 11 is 0. The molecule has 1 aromatic rings. The highest BCUT2D eigenvalue weighted by Gasteiger charge is 2.15. The van der Waals surface area contributed by atoms with Gasteiger partial charge in [0.15, 0.2) is 5.96 Å². The molecule has 28 heavy (non-hydrogen) atoms. The van der Waals surface area contributed by atoms with Gasteiger partial charge in [-0.1, -0.05) is 30.3 Å². The molecule has 0 fully saturated rings. The molecule has 0 saturated carbocycles. The van der Waals surface area contributed by atoms with Gasteiger partial charge in [0, 0.05) is 33.2 Å². The third-order valence-electron chi connectivity index (χ3n) is 3.84. The van der Waals surface area contributed by atoms with Crippen LogP contribution < -0.4 is 16.0 Å². The molecule has 3 N–H and O–H groups in total. The van der Waals surface area contributed by atoms with Crippen molar-refractivity contribution in [2.24, 2.45) is 4.99 Å². The molecule has 0 radical (unpaired) electrons. The standard InChI is InChI=1S/C21H37N5O2/c1-21(2,3)28-20(27)25-14-9-13-23-19(22-4)24-15-10-16-26(5)17-18-11-7-6-8-12-18/h6-8,11-12H,9-10,13-17H2,1-5H3,(H,25,27)(H2,22,23,24). The first-order valence-electron chi connectivity index (χ1n) is 9.94. The highest BCUT2D eigenvalue weighted by Crippen LogP contribution is 2.06. The minimum absolute atomic E-state index is 0.380. The van der Waals surface area contributed by atoms with Crippen LogP contribution in [0.3, 0.4) is 0 Å². The number of hydrogen-bond donors (Lipinski definition) is 3. The van der Waals surface area contributed by atoms with E-state index in [1.807, 2.05) is 26.8 Å². The summed E-state index contributed by atoms with van der Waals surface area (Å²) < 4.78 is 5.20. The second kappa shape index (κ2) is 13.0. The molecule has 0 aliphatic carbocycles. The number of amides is 1. The van der Waals surface area contributed by atoms with Gasteiger partial charge in [0.1, 0.15) is 5.60 Å². The van der Waals surface area contributed by atoms with Crippen molar-refractivity contribution < 1.29 is 9.53 Å². The second-order valence-corrected chi connectivity index (χ2v) is 7.78. The van der Waals surface area contributed by atoms with Crippen molar-refractivity contribution in [3.8, 4) is 0 Å². The molecular formula is C21H37N5O2. The number of rotatable bonds is 10. The molecule has 0 aliphatic heterocycles. The lowest BCUT2D eigenvalue weighted by atomic mass is 10.2. The Morgan fingerprint density at radius 1 is 1.04 bits per heavy atom. The number of benzene rings is 1. The molecule has 0 aliphatic rings. The predicted molar refractivity (Wildman–Crippen MR) is 116 cm³/mol. The van der Waals surface area contributed by atoms with E-state index < -0.39 is 5.60 Å². The molecule has 0 spiro atoms.